The van der Waals surface area contributed by atoms with E-state index in [-0.39, 0.29) is 34.6 Å². The van der Waals surface area contributed by atoms with Gasteiger partial charge in [0.15, 0.2) is 0 Å². The van der Waals surface area contributed by atoms with E-state index in [1.165, 1.54) is 17.0 Å². The first-order valence-electron chi connectivity index (χ1n) is 5.62. The SMILES string of the molecule is CN1CCN(S(=O)(=O)c2c(N)cccc2Cl)CC1=O. The van der Waals surface area contributed by atoms with Gasteiger partial charge in [0.05, 0.1) is 17.3 Å². The van der Waals surface area contributed by atoms with Crippen LogP contribution in [-0.2, 0) is 14.8 Å². The molecule has 6 nitrogen and oxygen atoms in total. The fraction of sp³-hybridized carbons (Fsp3) is 0.364. The zero-order valence-corrected chi connectivity index (χ0v) is 11.9. The lowest BCUT2D eigenvalue weighted by Gasteiger charge is -2.31. The molecule has 0 atom stereocenters. The maximum absolute atomic E-state index is 12.5. The minimum atomic E-state index is -3.85. The maximum atomic E-state index is 12.5. The number of rotatable bonds is 2. The Labute approximate surface area is 116 Å². The van der Waals surface area contributed by atoms with Gasteiger partial charge < -0.3 is 10.6 Å². The summed E-state index contributed by atoms with van der Waals surface area (Å²) >= 11 is 5.92. The molecule has 8 heteroatoms. The molecule has 104 valence electrons. The summed E-state index contributed by atoms with van der Waals surface area (Å²) in [7, 11) is -2.22. The van der Waals surface area contributed by atoms with Crippen molar-refractivity contribution in [1.82, 2.24) is 9.21 Å². The van der Waals surface area contributed by atoms with Crippen molar-refractivity contribution in [2.75, 3.05) is 32.4 Å². The monoisotopic (exact) mass is 303 g/mol. The van der Waals surface area contributed by atoms with Crippen LogP contribution in [0.15, 0.2) is 23.1 Å². The molecule has 19 heavy (non-hydrogen) atoms. The second-order valence-corrected chi connectivity index (χ2v) is 6.59. The number of piperazine rings is 1. The van der Waals surface area contributed by atoms with Gasteiger partial charge in [-0.25, -0.2) is 8.42 Å². The lowest BCUT2D eigenvalue weighted by atomic mass is 10.3. The molecule has 1 aromatic carbocycles. The molecular formula is C11H14ClN3O3S. The Hall–Kier alpha value is -1.31. The third-order valence-corrected chi connectivity index (χ3v) is 5.41. The highest BCUT2D eigenvalue weighted by molar-refractivity contribution is 7.89. The Balaban J connectivity index is 2.41. The molecule has 1 aromatic rings. The Kier molecular flexibility index (Phi) is 3.71. The van der Waals surface area contributed by atoms with Gasteiger partial charge in [-0.2, -0.15) is 4.31 Å². The number of nitrogens with zero attached hydrogens (tertiary/aromatic N) is 2. The van der Waals surface area contributed by atoms with Gasteiger partial charge in [0.2, 0.25) is 15.9 Å². The number of likely N-dealkylation sites (N-methyl/N-ethyl adjacent to an activating group) is 1. The Morgan fingerprint density at radius 3 is 2.58 bits per heavy atom. The molecule has 1 amide bonds. The van der Waals surface area contributed by atoms with Gasteiger partial charge in [-0.1, -0.05) is 17.7 Å². The zero-order valence-electron chi connectivity index (χ0n) is 10.3. The van der Waals surface area contributed by atoms with Crippen LogP contribution in [0.5, 0.6) is 0 Å². The molecule has 1 heterocycles. The van der Waals surface area contributed by atoms with Crippen LogP contribution in [-0.4, -0.2) is 50.2 Å². The normalized spacial score (nSPS) is 17.8. The first-order valence-corrected chi connectivity index (χ1v) is 7.44. The molecule has 0 aromatic heterocycles. The van der Waals surface area contributed by atoms with Crippen LogP contribution in [0.25, 0.3) is 0 Å². The number of benzene rings is 1. The van der Waals surface area contributed by atoms with E-state index < -0.39 is 10.0 Å². The first kappa shape index (κ1) is 14.1. The summed E-state index contributed by atoms with van der Waals surface area (Å²) in [5.41, 5.74) is 5.77. The quantitative estimate of drug-likeness (QED) is 0.801. The van der Waals surface area contributed by atoms with E-state index in [2.05, 4.69) is 0 Å². The molecule has 1 aliphatic heterocycles. The molecule has 2 N–H and O–H groups in total. The third kappa shape index (κ3) is 2.54. The molecule has 0 unspecified atom stereocenters. The van der Waals surface area contributed by atoms with Crippen molar-refractivity contribution in [1.29, 1.82) is 0 Å². The molecule has 1 fully saturated rings. The smallest absolute Gasteiger partial charge is 0.247 e. The number of halogens is 1. The molecule has 0 aliphatic carbocycles. The number of anilines is 1. The lowest BCUT2D eigenvalue weighted by molar-refractivity contribution is -0.132. The van der Waals surface area contributed by atoms with E-state index in [0.717, 1.165) is 4.31 Å². The molecule has 1 saturated heterocycles. The number of nitrogens with two attached hydrogens (primary N) is 1. The summed E-state index contributed by atoms with van der Waals surface area (Å²) in [4.78, 5) is 13.0. The highest BCUT2D eigenvalue weighted by Gasteiger charge is 2.33. The van der Waals surface area contributed by atoms with Gasteiger partial charge in [0, 0.05) is 20.1 Å². The van der Waals surface area contributed by atoms with Crippen molar-refractivity contribution in [2.24, 2.45) is 0 Å². The van der Waals surface area contributed by atoms with E-state index >= 15 is 0 Å². The molecule has 0 spiro atoms. The van der Waals surface area contributed by atoms with Gasteiger partial charge in [0.1, 0.15) is 4.90 Å². The standard InChI is InChI=1S/C11H14ClN3O3S/c1-14-5-6-15(7-10(14)16)19(17,18)11-8(12)3-2-4-9(11)13/h2-4H,5-7,13H2,1H3. The lowest BCUT2D eigenvalue weighted by Crippen LogP contribution is -2.50. The Morgan fingerprint density at radius 2 is 2.00 bits per heavy atom. The summed E-state index contributed by atoms with van der Waals surface area (Å²) in [6.07, 6.45) is 0. The summed E-state index contributed by atoms with van der Waals surface area (Å²) in [6.45, 7) is 0.390. The second kappa shape index (κ2) is 4.99. The van der Waals surface area contributed by atoms with Crippen LogP contribution in [0.4, 0.5) is 5.69 Å². The van der Waals surface area contributed by atoms with Crippen LogP contribution in [0.2, 0.25) is 5.02 Å². The van der Waals surface area contributed by atoms with Crippen LogP contribution < -0.4 is 5.73 Å². The van der Waals surface area contributed by atoms with Crippen molar-refractivity contribution in [3.05, 3.63) is 23.2 Å². The minimum Gasteiger partial charge on any atom is -0.398 e. The maximum Gasteiger partial charge on any atom is 0.247 e. The van der Waals surface area contributed by atoms with Crippen LogP contribution in [0.1, 0.15) is 0 Å². The number of amides is 1. The van der Waals surface area contributed by atoms with Crippen molar-refractivity contribution in [2.45, 2.75) is 4.90 Å². The van der Waals surface area contributed by atoms with Crippen LogP contribution in [0.3, 0.4) is 0 Å². The van der Waals surface area contributed by atoms with E-state index in [1.54, 1.807) is 13.1 Å². The van der Waals surface area contributed by atoms with Crippen molar-refractivity contribution < 1.29 is 13.2 Å². The van der Waals surface area contributed by atoms with Gasteiger partial charge in [0.25, 0.3) is 0 Å². The van der Waals surface area contributed by atoms with Crippen LogP contribution in [0, 0.1) is 0 Å². The second-order valence-electron chi connectivity index (χ2n) is 4.31. The average molecular weight is 304 g/mol. The Morgan fingerprint density at radius 1 is 1.32 bits per heavy atom. The molecular weight excluding hydrogens is 290 g/mol. The largest absolute Gasteiger partial charge is 0.398 e. The fourth-order valence-corrected chi connectivity index (χ4v) is 3.88. The summed E-state index contributed by atoms with van der Waals surface area (Å²) in [5.74, 6) is -0.250. The molecule has 0 radical (unpaired) electrons. The number of carbonyl (C=O) groups is 1. The molecule has 0 bridgehead atoms. The Bertz CT molecular complexity index is 597. The molecule has 0 saturated carbocycles. The zero-order chi connectivity index (χ0) is 14.2. The fourth-order valence-electron chi connectivity index (χ4n) is 1.87. The molecule has 2 rings (SSSR count). The predicted octanol–water partition coefficient (Wildman–Crippen LogP) is 0.385. The van der Waals surface area contributed by atoms with E-state index in [0.29, 0.717) is 6.54 Å². The highest BCUT2D eigenvalue weighted by Crippen LogP contribution is 2.30. The summed E-state index contributed by atoms with van der Waals surface area (Å²) < 4.78 is 26.0. The third-order valence-electron chi connectivity index (χ3n) is 3.02. The molecule has 1 aliphatic rings. The van der Waals surface area contributed by atoms with Gasteiger partial charge in [-0.15, -0.1) is 0 Å². The number of hydrogen-bond donors (Lipinski definition) is 1. The number of carbonyl (C=O) groups excluding carboxylic acids is 1. The van der Waals surface area contributed by atoms with Gasteiger partial charge in [-0.05, 0) is 12.1 Å². The number of nitrogen functional groups attached to an aromatic ring is 1. The van der Waals surface area contributed by atoms with Crippen molar-refractivity contribution >= 4 is 33.2 Å². The predicted molar refractivity (Wildman–Crippen MR) is 72.3 cm³/mol. The first-order chi connectivity index (χ1) is 8.84. The average Bonchev–Trinajstić information content (AvgIpc) is 2.32. The van der Waals surface area contributed by atoms with E-state index in [9.17, 15) is 13.2 Å². The van der Waals surface area contributed by atoms with Crippen LogP contribution >= 0.6 is 11.6 Å². The van der Waals surface area contributed by atoms with E-state index in [4.69, 9.17) is 17.3 Å². The highest BCUT2D eigenvalue weighted by atomic mass is 35.5. The number of sulfonamides is 1. The van der Waals surface area contributed by atoms with E-state index in [1.807, 2.05) is 0 Å². The summed E-state index contributed by atoms with van der Waals surface area (Å²) in [5, 5.41) is 0.0615. The number of hydrogen-bond acceptors (Lipinski definition) is 4. The topological polar surface area (TPSA) is 83.7 Å². The van der Waals surface area contributed by atoms with Crippen molar-refractivity contribution in [3.8, 4) is 0 Å². The summed E-state index contributed by atoms with van der Waals surface area (Å²) in [6, 6.07) is 4.51. The van der Waals surface area contributed by atoms with Crippen molar-refractivity contribution in [3.63, 3.8) is 0 Å². The van der Waals surface area contributed by atoms with Gasteiger partial charge >= 0.3 is 0 Å². The van der Waals surface area contributed by atoms with Gasteiger partial charge in [-0.3, -0.25) is 4.79 Å². The minimum absolute atomic E-state index is 0.0615.